The van der Waals surface area contributed by atoms with E-state index in [0.717, 1.165) is 4.48 Å². The van der Waals surface area contributed by atoms with Gasteiger partial charge < -0.3 is 0 Å². The van der Waals surface area contributed by atoms with Gasteiger partial charge in [0.05, 0.1) is 0 Å². The lowest BCUT2D eigenvalue weighted by atomic mass is 10.1. The van der Waals surface area contributed by atoms with Crippen molar-refractivity contribution in [2.45, 2.75) is 11.7 Å². The third-order valence-electron chi connectivity index (χ3n) is 1.26. The summed E-state index contributed by atoms with van der Waals surface area (Å²) >= 11 is 10.2. The molecule has 60 valence electrons. The molecule has 0 aromatic rings. The van der Waals surface area contributed by atoms with Gasteiger partial charge in [0.1, 0.15) is 0 Å². The van der Waals surface area contributed by atoms with Gasteiger partial charge in [-0.25, -0.2) is 0 Å². The third kappa shape index (κ3) is 3.34. The fourth-order valence-electron chi connectivity index (χ4n) is 0.855. The van der Waals surface area contributed by atoms with E-state index >= 15 is 0 Å². The van der Waals surface area contributed by atoms with Crippen LogP contribution in [-0.4, -0.2) is 4.75 Å². The predicted molar refractivity (Wildman–Crippen MR) is 65.6 cm³/mol. The fraction of sp³-hybridized carbons (Fsp3) is 0.250. The highest BCUT2D eigenvalue weighted by molar-refractivity contribution is 14.1. The van der Waals surface area contributed by atoms with Crippen LogP contribution in [0.25, 0.3) is 0 Å². The number of hydrogen-bond acceptors (Lipinski definition) is 1. The first kappa shape index (κ1) is 9.86. The van der Waals surface area contributed by atoms with E-state index in [0.29, 0.717) is 0 Å². The van der Waals surface area contributed by atoms with Crippen LogP contribution < -0.4 is 0 Å². The first-order valence-corrected chi connectivity index (χ1v) is 5.49. The van der Waals surface area contributed by atoms with Crippen molar-refractivity contribution in [3.8, 4) is 0 Å². The standard InChI is InChI=1S/C8H8BrIS/c1-8(11)4-6(9)2-3-7(10)5-8/h2-5,11H,1H3. The monoisotopic (exact) mass is 342 g/mol. The Kier molecular flexibility index (Phi) is 3.28. The number of allylic oxidation sites excluding steroid dienone is 4. The van der Waals surface area contributed by atoms with E-state index in [4.69, 9.17) is 0 Å². The van der Waals surface area contributed by atoms with Crippen LogP contribution in [0.2, 0.25) is 0 Å². The average molecular weight is 343 g/mol. The Morgan fingerprint density at radius 2 is 2.09 bits per heavy atom. The van der Waals surface area contributed by atoms with Crippen LogP contribution in [0.5, 0.6) is 0 Å². The summed E-state index contributed by atoms with van der Waals surface area (Å²) in [6.45, 7) is 2.06. The summed E-state index contributed by atoms with van der Waals surface area (Å²) < 4.78 is 2.16. The zero-order chi connectivity index (χ0) is 8.48. The second-order valence-corrected chi connectivity index (χ2v) is 5.74. The quantitative estimate of drug-likeness (QED) is 0.502. The van der Waals surface area contributed by atoms with Crippen molar-refractivity contribution >= 4 is 51.1 Å². The smallest absolute Gasteiger partial charge is 0.0487 e. The topological polar surface area (TPSA) is 0 Å². The van der Waals surface area contributed by atoms with Gasteiger partial charge in [-0.1, -0.05) is 28.1 Å². The molecule has 1 aliphatic carbocycles. The van der Waals surface area contributed by atoms with Crippen LogP contribution in [0.4, 0.5) is 0 Å². The molecule has 0 spiro atoms. The Bertz CT molecular complexity index is 227. The van der Waals surface area contributed by atoms with E-state index in [1.54, 1.807) is 0 Å². The van der Waals surface area contributed by atoms with Crippen molar-refractivity contribution in [1.82, 2.24) is 0 Å². The third-order valence-corrected chi connectivity index (χ3v) is 2.68. The minimum atomic E-state index is -0.140. The molecule has 0 radical (unpaired) electrons. The minimum absolute atomic E-state index is 0.140. The van der Waals surface area contributed by atoms with Crippen molar-refractivity contribution in [3.63, 3.8) is 0 Å². The molecule has 0 nitrogen and oxygen atoms in total. The van der Waals surface area contributed by atoms with Crippen LogP contribution in [-0.2, 0) is 0 Å². The highest BCUT2D eigenvalue weighted by atomic mass is 127. The van der Waals surface area contributed by atoms with Crippen molar-refractivity contribution < 1.29 is 0 Å². The van der Waals surface area contributed by atoms with Crippen molar-refractivity contribution in [1.29, 1.82) is 0 Å². The Balaban J connectivity index is 3.03. The summed E-state index contributed by atoms with van der Waals surface area (Å²) in [5.41, 5.74) is 0. The van der Waals surface area contributed by atoms with Crippen LogP contribution >= 0.6 is 51.1 Å². The molecule has 0 aliphatic heterocycles. The molecule has 0 saturated heterocycles. The first-order valence-electron chi connectivity index (χ1n) is 3.17. The Hall–Kier alpha value is 0.780. The zero-order valence-corrected chi connectivity index (χ0v) is 10.7. The SMILES string of the molecule is CC1(S)C=C(Br)C=CC(I)=C1. The molecule has 1 aliphatic rings. The maximum Gasteiger partial charge on any atom is 0.0487 e. The molecule has 0 aromatic heterocycles. The fourth-order valence-corrected chi connectivity index (χ4v) is 2.99. The largest absolute Gasteiger partial charge is 0.164 e. The number of hydrogen-bond donors (Lipinski definition) is 1. The van der Waals surface area contributed by atoms with Crippen molar-refractivity contribution in [3.05, 3.63) is 32.4 Å². The molecule has 0 heterocycles. The highest BCUT2D eigenvalue weighted by Gasteiger charge is 2.14. The Labute approximate surface area is 94.5 Å². The summed E-state index contributed by atoms with van der Waals surface area (Å²) in [6.07, 6.45) is 8.27. The molecule has 0 saturated carbocycles. The van der Waals surface area contributed by atoms with Crippen LogP contribution in [0.15, 0.2) is 32.4 Å². The number of halogens is 2. The van der Waals surface area contributed by atoms with E-state index in [1.807, 2.05) is 6.08 Å². The van der Waals surface area contributed by atoms with Gasteiger partial charge in [-0.15, -0.1) is 0 Å². The summed E-state index contributed by atoms with van der Waals surface area (Å²) in [5, 5.41) is 0. The van der Waals surface area contributed by atoms with Gasteiger partial charge >= 0.3 is 0 Å². The molecule has 3 heteroatoms. The van der Waals surface area contributed by atoms with E-state index in [-0.39, 0.29) is 4.75 Å². The summed E-state index contributed by atoms with van der Waals surface area (Å²) in [4.78, 5) is 0. The average Bonchev–Trinajstić information content (AvgIpc) is 1.89. The Morgan fingerprint density at radius 1 is 1.45 bits per heavy atom. The lowest BCUT2D eigenvalue weighted by molar-refractivity contribution is 1.02. The second-order valence-electron chi connectivity index (χ2n) is 2.62. The summed E-state index contributed by atoms with van der Waals surface area (Å²) in [5.74, 6) is 0. The van der Waals surface area contributed by atoms with Gasteiger partial charge in [0.2, 0.25) is 0 Å². The molecule has 1 unspecified atom stereocenters. The number of rotatable bonds is 0. The molecular weight excluding hydrogens is 335 g/mol. The van der Waals surface area contributed by atoms with Gasteiger partial charge in [0.15, 0.2) is 0 Å². The van der Waals surface area contributed by atoms with Crippen molar-refractivity contribution in [2.24, 2.45) is 0 Å². The van der Waals surface area contributed by atoms with Crippen molar-refractivity contribution in [2.75, 3.05) is 0 Å². The first-order chi connectivity index (χ1) is 4.99. The van der Waals surface area contributed by atoms with Gasteiger partial charge in [-0.05, 0) is 41.7 Å². The molecule has 1 rings (SSSR count). The molecule has 0 aromatic carbocycles. The number of thiol groups is 1. The molecule has 0 bridgehead atoms. The Morgan fingerprint density at radius 3 is 2.73 bits per heavy atom. The second kappa shape index (κ2) is 3.66. The molecule has 1 atom stereocenters. The minimum Gasteiger partial charge on any atom is -0.164 e. The molecular formula is C8H8BrIS. The molecule has 0 N–H and O–H groups in total. The van der Waals surface area contributed by atoms with Gasteiger partial charge in [-0.2, -0.15) is 12.6 Å². The highest BCUT2D eigenvalue weighted by Crippen LogP contribution is 2.29. The maximum absolute atomic E-state index is 4.48. The van der Waals surface area contributed by atoms with E-state index in [2.05, 4.69) is 76.3 Å². The lowest BCUT2D eigenvalue weighted by Crippen LogP contribution is -2.07. The van der Waals surface area contributed by atoms with Crippen LogP contribution in [0.1, 0.15) is 6.92 Å². The summed E-state index contributed by atoms with van der Waals surface area (Å²) in [7, 11) is 0. The van der Waals surface area contributed by atoms with Crippen LogP contribution in [0, 0.1) is 0 Å². The van der Waals surface area contributed by atoms with Gasteiger partial charge in [0, 0.05) is 12.8 Å². The van der Waals surface area contributed by atoms with E-state index in [9.17, 15) is 0 Å². The molecule has 11 heavy (non-hydrogen) atoms. The van der Waals surface area contributed by atoms with Gasteiger partial charge in [0.25, 0.3) is 0 Å². The summed E-state index contributed by atoms with van der Waals surface area (Å²) in [6, 6.07) is 0. The van der Waals surface area contributed by atoms with Crippen LogP contribution in [0.3, 0.4) is 0 Å². The van der Waals surface area contributed by atoms with E-state index in [1.165, 1.54) is 3.58 Å². The molecule has 0 fully saturated rings. The zero-order valence-electron chi connectivity index (χ0n) is 6.01. The van der Waals surface area contributed by atoms with E-state index < -0.39 is 0 Å². The predicted octanol–water partition coefficient (Wildman–Crippen LogP) is 3.84. The lowest BCUT2D eigenvalue weighted by Gasteiger charge is -2.12. The molecule has 0 amide bonds. The van der Waals surface area contributed by atoms with Gasteiger partial charge in [-0.3, -0.25) is 0 Å². The normalized spacial score (nSPS) is 30.9. The maximum atomic E-state index is 4.48.